The summed E-state index contributed by atoms with van der Waals surface area (Å²) >= 11 is 0. The van der Waals surface area contributed by atoms with Crippen LogP contribution in [0.2, 0.25) is 0 Å². The minimum atomic E-state index is -3.50. The zero-order valence-corrected chi connectivity index (χ0v) is 16.0. The predicted molar refractivity (Wildman–Crippen MR) is 98.4 cm³/mol. The molecule has 0 bridgehead atoms. The van der Waals surface area contributed by atoms with E-state index in [1.54, 1.807) is 23.1 Å². The molecule has 3 rings (SSSR count). The zero-order chi connectivity index (χ0) is 18.9. The van der Waals surface area contributed by atoms with Gasteiger partial charge in [0.05, 0.1) is 4.90 Å². The second-order valence-electron chi connectivity index (χ2n) is 6.68. The Morgan fingerprint density at radius 2 is 2.00 bits per heavy atom. The molecule has 8 heteroatoms. The molecule has 1 fully saturated rings. The van der Waals surface area contributed by atoms with Gasteiger partial charge >= 0.3 is 0 Å². The Hall–Kier alpha value is -1.93. The fraction of sp³-hybridized carbons (Fsp3) is 0.556. The van der Waals surface area contributed by atoms with Gasteiger partial charge in [-0.1, -0.05) is 13.8 Å². The Balaban J connectivity index is 1.78. The SMILES string of the molecule is CCN(CC)S(=O)(=O)c1ccc2c(c1)CCN2C(=O)CC1CCC(=O)N1. The fourth-order valence-corrected chi connectivity index (χ4v) is 5.17. The van der Waals surface area contributed by atoms with E-state index >= 15 is 0 Å². The Bertz CT molecular complexity index is 818. The summed E-state index contributed by atoms with van der Waals surface area (Å²) in [5.41, 5.74) is 1.65. The molecule has 0 aliphatic carbocycles. The van der Waals surface area contributed by atoms with Crippen LogP contribution >= 0.6 is 0 Å². The van der Waals surface area contributed by atoms with Gasteiger partial charge in [0, 0.05) is 44.2 Å². The molecule has 1 unspecified atom stereocenters. The number of carbonyl (C=O) groups is 2. The minimum Gasteiger partial charge on any atom is -0.353 e. The molecule has 0 saturated carbocycles. The van der Waals surface area contributed by atoms with E-state index in [-0.39, 0.29) is 29.2 Å². The molecule has 2 aliphatic heterocycles. The molecule has 1 N–H and O–H groups in total. The topological polar surface area (TPSA) is 86.8 Å². The lowest BCUT2D eigenvalue weighted by molar-refractivity contribution is -0.120. The van der Waals surface area contributed by atoms with E-state index in [1.807, 2.05) is 13.8 Å². The maximum atomic E-state index is 12.7. The smallest absolute Gasteiger partial charge is 0.243 e. The van der Waals surface area contributed by atoms with Crippen LogP contribution in [0.4, 0.5) is 5.69 Å². The number of anilines is 1. The van der Waals surface area contributed by atoms with E-state index in [0.29, 0.717) is 38.9 Å². The van der Waals surface area contributed by atoms with Crippen LogP contribution in [0.5, 0.6) is 0 Å². The lowest BCUT2D eigenvalue weighted by atomic mass is 10.1. The van der Waals surface area contributed by atoms with Crippen LogP contribution in [-0.2, 0) is 26.0 Å². The van der Waals surface area contributed by atoms with Gasteiger partial charge in [-0.2, -0.15) is 4.31 Å². The largest absolute Gasteiger partial charge is 0.353 e. The first-order valence-corrected chi connectivity index (χ1v) is 10.5. The minimum absolute atomic E-state index is 0.00382. The molecule has 26 heavy (non-hydrogen) atoms. The van der Waals surface area contributed by atoms with Crippen LogP contribution in [0.1, 0.15) is 38.7 Å². The number of fused-ring (bicyclic) bond motifs is 1. The molecular formula is C18H25N3O4S. The highest BCUT2D eigenvalue weighted by molar-refractivity contribution is 7.89. The molecule has 1 atom stereocenters. The first-order chi connectivity index (χ1) is 12.4. The van der Waals surface area contributed by atoms with Gasteiger partial charge in [-0.3, -0.25) is 9.59 Å². The zero-order valence-electron chi connectivity index (χ0n) is 15.2. The monoisotopic (exact) mass is 379 g/mol. The molecular weight excluding hydrogens is 354 g/mol. The van der Waals surface area contributed by atoms with Crippen molar-refractivity contribution >= 4 is 27.5 Å². The van der Waals surface area contributed by atoms with Crippen LogP contribution in [0.15, 0.2) is 23.1 Å². The van der Waals surface area contributed by atoms with Crippen molar-refractivity contribution in [2.75, 3.05) is 24.5 Å². The lowest BCUT2D eigenvalue weighted by Crippen LogP contribution is -2.35. The van der Waals surface area contributed by atoms with Gasteiger partial charge in [-0.15, -0.1) is 0 Å². The number of nitrogens with one attached hydrogen (secondary N) is 1. The molecule has 1 aromatic carbocycles. The number of hydrogen-bond donors (Lipinski definition) is 1. The van der Waals surface area contributed by atoms with E-state index in [9.17, 15) is 18.0 Å². The van der Waals surface area contributed by atoms with Crippen LogP contribution in [0.25, 0.3) is 0 Å². The van der Waals surface area contributed by atoms with Gasteiger partial charge in [0.25, 0.3) is 0 Å². The van der Waals surface area contributed by atoms with Gasteiger partial charge in [-0.25, -0.2) is 8.42 Å². The summed E-state index contributed by atoms with van der Waals surface area (Å²) in [6, 6.07) is 4.90. The molecule has 2 heterocycles. The Kier molecular flexibility index (Phi) is 5.34. The van der Waals surface area contributed by atoms with Crippen LogP contribution < -0.4 is 10.2 Å². The predicted octanol–water partition coefficient (Wildman–Crippen LogP) is 1.27. The first-order valence-electron chi connectivity index (χ1n) is 9.09. The van der Waals surface area contributed by atoms with Gasteiger partial charge < -0.3 is 10.2 Å². The van der Waals surface area contributed by atoms with Crippen molar-refractivity contribution in [3.05, 3.63) is 23.8 Å². The highest BCUT2D eigenvalue weighted by atomic mass is 32.2. The number of amides is 2. The van der Waals surface area contributed by atoms with Crippen molar-refractivity contribution < 1.29 is 18.0 Å². The summed E-state index contributed by atoms with van der Waals surface area (Å²) < 4.78 is 26.8. The molecule has 142 valence electrons. The average Bonchev–Trinajstić information content (AvgIpc) is 3.21. The van der Waals surface area contributed by atoms with Crippen LogP contribution in [0, 0.1) is 0 Å². The normalized spacial score (nSPS) is 19.7. The van der Waals surface area contributed by atoms with Crippen molar-refractivity contribution in [1.82, 2.24) is 9.62 Å². The Morgan fingerprint density at radius 3 is 2.62 bits per heavy atom. The highest BCUT2D eigenvalue weighted by Crippen LogP contribution is 2.32. The Labute approximate surface area is 154 Å². The van der Waals surface area contributed by atoms with E-state index < -0.39 is 10.0 Å². The second-order valence-corrected chi connectivity index (χ2v) is 8.62. The third-order valence-electron chi connectivity index (χ3n) is 5.10. The third kappa shape index (κ3) is 3.48. The standard InChI is InChI=1S/C18H25N3O4S/c1-3-20(4-2)26(24,25)15-6-7-16-13(11-15)9-10-21(16)18(23)12-14-5-8-17(22)19-14/h6-7,11,14H,3-5,8-10,12H2,1-2H3,(H,19,22). The molecule has 1 saturated heterocycles. The summed E-state index contributed by atoms with van der Waals surface area (Å²) in [4.78, 5) is 25.9. The number of hydrogen-bond acceptors (Lipinski definition) is 4. The summed E-state index contributed by atoms with van der Waals surface area (Å²) in [7, 11) is -3.50. The molecule has 0 radical (unpaired) electrons. The summed E-state index contributed by atoms with van der Waals surface area (Å²) in [5.74, 6) is -0.0360. The maximum Gasteiger partial charge on any atom is 0.243 e. The molecule has 2 aliphatic rings. The summed E-state index contributed by atoms with van der Waals surface area (Å²) in [6.45, 7) is 5.03. The number of nitrogens with zero attached hydrogens (tertiary/aromatic N) is 2. The van der Waals surface area contributed by atoms with Gasteiger partial charge in [0.2, 0.25) is 21.8 Å². The van der Waals surface area contributed by atoms with Gasteiger partial charge in [0.1, 0.15) is 0 Å². The molecule has 2 amide bonds. The second kappa shape index (κ2) is 7.36. The number of sulfonamides is 1. The number of rotatable bonds is 6. The van der Waals surface area contributed by atoms with Crippen LogP contribution in [-0.4, -0.2) is 50.2 Å². The highest BCUT2D eigenvalue weighted by Gasteiger charge is 2.31. The lowest BCUT2D eigenvalue weighted by Gasteiger charge is -2.21. The van der Waals surface area contributed by atoms with E-state index in [2.05, 4.69) is 5.32 Å². The van der Waals surface area contributed by atoms with Crippen molar-refractivity contribution in [3.63, 3.8) is 0 Å². The van der Waals surface area contributed by atoms with Crippen LogP contribution in [0.3, 0.4) is 0 Å². The van der Waals surface area contributed by atoms with Gasteiger partial charge in [0.15, 0.2) is 0 Å². The third-order valence-corrected chi connectivity index (χ3v) is 7.14. The van der Waals surface area contributed by atoms with E-state index in [1.165, 1.54) is 4.31 Å². The summed E-state index contributed by atoms with van der Waals surface area (Å²) in [5, 5.41) is 2.82. The first kappa shape index (κ1) is 18.8. The van der Waals surface area contributed by atoms with Crippen molar-refractivity contribution in [2.24, 2.45) is 0 Å². The maximum absolute atomic E-state index is 12.7. The number of benzene rings is 1. The van der Waals surface area contributed by atoms with Gasteiger partial charge in [-0.05, 0) is 36.6 Å². The average molecular weight is 379 g/mol. The molecule has 1 aromatic rings. The molecule has 0 aromatic heterocycles. The van der Waals surface area contributed by atoms with Crippen molar-refractivity contribution in [2.45, 2.75) is 50.5 Å². The Morgan fingerprint density at radius 1 is 1.27 bits per heavy atom. The van der Waals surface area contributed by atoms with Crippen molar-refractivity contribution in [3.8, 4) is 0 Å². The fourth-order valence-electron chi connectivity index (χ4n) is 3.66. The van der Waals surface area contributed by atoms with E-state index in [0.717, 1.165) is 11.3 Å². The molecule has 0 spiro atoms. The summed E-state index contributed by atoms with van der Waals surface area (Å²) in [6.07, 6.45) is 2.08. The van der Waals surface area contributed by atoms with Crippen molar-refractivity contribution in [1.29, 1.82) is 0 Å². The molecule has 7 nitrogen and oxygen atoms in total. The number of carbonyl (C=O) groups excluding carboxylic acids is 2. The quantitative estimate of drug-likeness (QED) is 0.807. The van der Waals surface area contributed by atoms with E-state index in [4.69, 9.17) is 0 Å².